The number of nitrogens with zero attached hydrogens (tertiary/aromatic N) is 5. The van der Waals surface area contributed by atoms with Crippen LogP contribution < -0.4 is 5.32 Å². The fourth-order valence-electron chi connectivity index (χ4n) is 2.38. The smallest absolute Gasteiger partial charge is 0.303 e. The van der Waals surface area contributed by atoms with Crippen molar-refractivity contribution in [2.24, 2.45) is 0 Å². The first-order valence-corrected chi connectivity index (χ1v) is 7.13. The third-order valence-corrected chi connectivity index (χ3v) is 3.48. The minimum absolute atomic E-state index is 0.0158. The molecular weight excluding hydrogens is 296 g/mol. The highest BCUT2D eigenvalue weighted by Gasteiger charge is 2.19. The average molecular weight is 312 g/mol. The van der Waals surface area contributed by atoms with Gasteiger partial charge in [0.2, 0.25) is 5.95 Å². The average Bonchev–Trinajstić information content (AvgIpc) is 2.52. The Balaban J connectivity index is 2.11. The largest absolute Gasteiger partial charge is 0.353 e. The SMILES string of the molecule is CN(C)CCNc1ncc2cc3cnccc3c([N+](=O)[O-])c2n1. The summed E-state index contributed by atoms with van der Waals surface area (Å²) in [7, 11) is 3.93. The Morgan fingerprint density at radius 1 is 1.30 bits per heavy atom. The van der Waals surface area contributed by atoms with Gasteiger partial charge in [0.25, 0.3) is 0 Å². The van der Waals surface area contributed by atoms with Crippen molar-refractivity contribution in [2.45, 2.75) is 0 Å². The Kier molecular flexibility index (Phi) is 3.98. The van der Waals surface area contributed by atoms with Crippen molar-refractivity contribution in [3.8, 4) is 0 Å². The van der Waals surface area contributed by atoms with Crippen molar-refractivity contribution < 1.29 is 4.92 Å². The number of likely N-dealkylation sites (N-methyl/N-ethyl adjacent to an activating group) is 1. The predicted octanol–water partition coefficient (Wildman–Crippen LogP) is 2.06. The van der Waals surface area contributed by atoms with E-state index >= 15 is 0 Å². The van der Waals surface area contributed by atoms with Crippen molar-refractivity contribution in [3.05, 3.63) is 40.8 Å². The first kappa shape index (κ1) is 15.0. The number of hydrogen-bond donors (Lipinski definition) is 1. The van der Waals surface area contributed by atoms with Crippen molar-refractivity contribution in [2.75, 3.05) is 32.5 Å². The zero-order chi connectivity index (χ0) is 16.4. The van der Waals surface area contributed by atoms with E-state index in [1.165, 1.54) is 0 Å². The lowest BCUT2D eigenvalue weighted by molar-refractivity contribution is -0.381. The van der Waals surface area contributed by atoms with E-state index in [0.29, 0.717) is 34.2 Å². The van der Waals surface area contributed by atoms with Crippen LogP contribution in [0.2, 0.25) is 0 Å². The van der Waals surface area contributed by atoms with E-state index in [1.807, 2.05) is 25.1 Å². The van der Waals surface area contributed by atoms with Crippen LogP contribution in [0.5, 0.6) is 0 Å². The first-order valence-electron chi connectivity index (χ1n) is 7.13. The third kappa shape index (κ3) is 3.02. The van der Waals surface area contributed by atoms with Gasteiger partial charge in [-0.1, -0.05) is 0 Å². The summed E-state index contributed by atoms with van der Waals surface area (Å²) in [6.45, 7) is 1.47. The second kappa shape index (κ2) is 6.09. The van der Waals surface area contributed by atoms with Crippen molar-refractivity contribution in [1.82, 2.24) is 19.9 Å². The molecule has 0 aliphatic rings. The molecule has 0 atom stereocenters. The van der Waals surface area contributed by atoms with Crippen LogP contribution in [0.1, 0.15) is 0 Å². The molecule has 0 radical (unpaired) electrons. The van der Waals surface area contributed by atoms with Gasteiger partial charge in [-0.25, -0.2) is 9.97 Å². The number of anilines is 1. The van der Waals surface area contributed by atoms with Gasteiger partial charge in [-0.15, -0.1) is 0 Å². The topological polar surface area (TPSA) is 97.1 Å². The summed E-state index contributed by atoms with van der Waals surface area (Å²) in [6.07, 6.45) is 4.74. The molecule has 0 spiro atoms. The van der Waals surface area contributed by atoms with E-state index in [-0.39, 0.29) is 5.69 Å². The Morgan fingerprint density at radius 3 is 2.87 bits per heavy atom. The van der Waals surface area contributed by atoms with Crippen molar-refractivity contribution in [3.63, 3.8) is 0 Å². The van der Waals surface area contributed by atoms with Crippen LogP contribution >= 0.6 is 0 Å². The zero-order valence-electron chi connectivity index (χ0n) is 12.9. The summed E-state index contributed by atoms with van der Waals surface area (Å²) in [6, 6.07) is 3.45. The zero-order valence-corrected chi connectivity index (χ0v) is 12.9. The summed E-state index contributed by atoms with van der Waals surface area (Å²) in [5.41, 5.74) is 0.314. The molecule has 0 saturated carbocycles. The fourth-order valence-corrected chi connectivity index (χ4v) is 2.38. The summed E-state index contributed by atoms with van der Waals surface area (Å²) < 4.78 is 0. The van der Waals surface area contributed by atoms with Crippen LogP contribution in [0.25, 0.3) is 21.7 Å². The van der Waals surface area contributed by atoms with E-state index < -0.39 is 4.92 Å². The quantitative estimate of drug-likeness (QED) is 0.437. The van der Waals surface area contributed by atoms with Crippen LogP contribution in [0.4, 0.5) is 11.6 Å². The van der Waals surface area contributed by atoms with Gasteiger partial charge >= 0.3 is 5.69 Å². The van der Waals surface area contributed by atoms with Gasteiger partial charge in [0.1, 0.15) is 0 Å². The number of nitro groups is 1. The van der Waals surface area contributed by atoms with Gasteiger partial charge in [0.05, 0.1) is 10.3 Å². The molecule has 0 amide bonds. The van der Waals surface area contributed by atoms with E-state index in [2.05, 4.69) is 20.3 Å². The number of pyridine rings is 1. The minimum atomic E-state index is -0.402. The third-order valence-electron chi connectivity index (χ3n) is 3.48. The second-order valence-electron chi connectivity index (χ2n) is 5.44. The predicted molar refractivity (Wildman–Crippen MR) is 88.5 cm³/mol. The molecule has 0 fully saturated rings. The van der Waals surface area contributed by atoms with Gasteiger partial charge in [0, 0.05) is 42.5 Å². The lowest BCUT2D eigenvalue weighted by atomic mass is 10.1. The first-order chi connectivity index (χ1) is 11.1. The standard InChI is InChI=1S/C15H16N6O2/c1-20(2)6-5-17-15-18-9-11-7-10-8-16-4-3-12(10)14(21(22)23)13(11)19-15/h3-4,7-9H,5-6H2,1-2H3,(H,17,18,19). The van der Waals surface area contributed by atoms with Crippen molar-refractivity contribution in [1.29, 1.82) is 0 Å². The maximum absolute atomic E-state index is 11.5. The van der Waals surface area contributed by atoms with Gasteiger partial charge in [-0.3, -0.25) is 15.1 Å². The molecule has 1 aromatic carbocycles. The van der Waals surface area contributed by atoms with Crippen LogP contribution in [-0.4, -0.2) is 52.0 Å². The number of rotatable bonds is 5. The molecule has 3 aromatic rings. The number of aromatic nitrogens is 3. The van der Waals surface area contributed by atoms with Gasteiger partial charge in [-0.2, -0.15) is 0 Å². The number of fused-ring (bicyclic) bond motifs is 2. The molecule has 118 valence electrons. The van der Waals surface area contributed by atoms with E-state index in [1.54, 1.807) is 24.7 Å². The van der Waals surface area contributed by atoms with Crippen LogP contribution in [-0.2, 0) is 0 Å². The molecule has 0 unspecified atom stereocenters. The molecule has 0 aliphatic heterocycles. The molecule has 3 rings (SSSR count). The lowest BCUT2D eigenvalue weighted by Crippen LogP contribution is -2.21. The normalized spacial score (nSPS) is 11.3. The van der Waals surface area contributed by atoms with Gasteiger partial charge < -0.3 is 10.2 Å². The van der Waals surface area contributed by atoms with Crippen LogP contribution in [0.3, 0.4) is 0 Å². The monoisotopic (exact) mass is 312 g/mol. The molecule has 1 N–H and O–H groups in total. The number of hydrogen-bond acceptors (Lipinski definition) is 7. The fraction of sp³-hybridized carbons (Fsp3) is 0.267. The summed E-state index contributed by atoms with van der Waals surface area (Å²) >= 11 is 0. The molecule has 2 aromatic heterocycles. The second-order valence-corrected chi connectivity index (χ2v) is 5.44. The number of nitrogens with one attached hydrogen (secondary N) is 1. The Labute approximate surface area is 132 Å². The highest BCUT2D eigenvalue weighted by atomic mass is 16.6. The Hall–Kier alpha value is -2.87. The number of benzene rings is 1. The molecule has 8 heteroatoms. The molecule has 8 nitrogen and oxygen atoms in total. The minimum Gasteiger partial charge on any atom is -0.353 e. The summed E-state index contributed by atoms with van der Waals surface area (Å²) in [5, 5.41) is 16.5. The Morgan fingerprint density at radius 2 is 2.13 bits per heavy atom. The van der Waals surface area contributed by atoms with Gasteiger partial charge in [0.15, 0.2) is 5.52 Å². The maximum atomic E-state index is 11.5. The molecular formula is C15H16N6O2. The molecule has 0 bridgehead atoms. The summed E-state index contributed by atoms with van der Waals surface area (Å²) in [4.78, 5) is 25.7. The van der Waals surface area contributed by atoms with E-state index in [0.717, 1.165) is 6.54 Å². The molecule has 23 heavy (non-hydrogen) atoms. The highest BCUT2D eigenvalue weighted by molar-refractivity contribution is 6.06. The van der Waals surface area contributed by atoms with E-state index in [4.69, 9.17) is 0 Å². The van der Waals surface area contributed by atoms with Crippen LogP contribution in [0, 0.1) is 10.1 Å². The number of nitro benzene ring substituents is 1. The molecule has 0 saturated heterocycles. The highest BCUT2D eigenvalue weighted by Crippen LogP contribution is 2.32. The number of non-ortho nitro benzene ring substituents is 1. The molecule has 0 aliphatic carbocycles. The molecule has 2 heterocycles. The van der Waals surface area contributed by atoms with Crippen molar-refractivity contribution >= 4 is 33.3 Å². The van der Waals surface area contributed by atoms with Gasteiger partial charge in [-0.05, 0) is 26.2 Å². The van der Waals surface area contributed by atoms with Crippen LogP contribution in [0.15, 0.2) is 30.7 Å². The van der Waals surface area contributed by atoms with E-state index in [9.17, 15) is 10.1 Å². The Bertz CT molecular complexity index is 880. The lowest BCUT2D eigenvalue weighted by Gasteiger charge is -2.10. The maximum Gasteiger partial charge on any atom is 0.303 e. The summed E-state index contributed by atoms with van der Waals surface area (Å²) in [5.74, 6) is 0.385.